The van der Waals surface area contributed by atoms with Gasteiger partial charge in [-0.15, -0.1) is 0 Å². The molecule has 29 heavy (non-hydrogen) atoms. The predicted octanol–water partition coefficient (Wildman–Crippen LogP) is 6.18. The Kier molecular flexibility index (Phi) is 5.87. The third-order valence-corrected chi connectivity index (χ3v) is 5.75. The van der Waals surface area contributed by atoms with Gasteiger partial charge in [-0.05, 0) is 84.2 Å². The molecule has 1 unspecified atom stereocenters. The van der Waals surface area contributed by atoms with Gasteiger partial charge in [0.25, 0.3) is 0 Å². The Morgan fingerprint density at radius 2 is 1.90 bits per heavy atom. The second-order valence-electron chi connectivity index (χ2n) is 8.72. The smallest absolute Gasteiger partial charge is 0.405 e. The van der Waals surface area contributed by atoms with Gasteiger partial charge in [0.15, 0.2) is 0 Å². The second-order valence-corrected chi connectivity index (χ2v) is 8.72. The van der Waals surface area contributed by atoms with E-state index in [0.29, 0.717) is 18.6 Å². The van der Waals surface area contributed by atoms with Crippen molar-refractivity contribution in [2.75, 3.05) is 6.61 Å². The average Bonchev–Trinajstić information content (AvgIpc) is 2.86. The van der Waals surface area contributed by atoms with E-state index in [-0.39, 0.29) is 11.2 Å². The fourth-order valence-electron chi connectivity index (χ4n) is 4.34. The molecule has 0 aromatic heterocycles. The minimum atomic E-state index is -1.09. The van der Waals surface area contributed by atoms with Crippen molar-refractivity contribution < 1.29 is 19.0 Å². The number of rotatable bonds is 6. The Balaban J connectivity index is 1.99. The van der Waals surface area contributed by atoms with Crippen LogP contribution in [0.25, 0.3) is 11.1 Å². The summed E-state index contributed by atoms with van der Waals surface area (Å²) in [7, 11) is 0. The molecular weight excluding hydrogens is 369 g/mol. The average molecular weight is 400 g/mol. The number of aryl methyl sites for hydroxylation is 2. The summed E-state index contributed by atoms with van der Waals surface area (Å²) in [6.45, 7) is 10.8. The van der Waals surface area contributed by atoms with Gasteiger partial charge in [0.2, 0.25) is 0 Å². The van der Waals surface area contributed by atoms with Gasteiger partial charge in [-0.2, -0.15) is 0 Å². The van der Waals surface area contributed by atoms with E-state index >= 15 is 4.39 Å². The van der Waals surface area contributed by atoms with E-state index in [4.69, 9.17) is 4.74 Å². The van der Waals surface area contributed by atoms with Crippen molar-refractivity contribution >= 4 is 6.09 Å². The van der Waals surface area contributed by atoms with Crippen LogP contribution in [0.3, 0.4) is 0 Å². The van der Waals surface area contributed by atoms with Crippen molar-refractivity contribution in [2.45, 2.75) is 59.9 Å². The molecule has 3 rings (SSSR count). The van der Waals surface area contributed by atoms with Crippen LogP contribution in [-0.4, -0.2) is 17.8 Å². The Bertz CT molecular complexity index is 913. The Morgan fingerprint density at radius 3 is 2.48 bits per heavy atom. The summed E-state index contributed by atoms with van der Waals surface area (Å²) in [6.07, 6.45) is 1.67. The molecule has 0 bridgehead atoms. The maximum Gasteiger partial charge on any atom is 0.405 e. The van der Waals surface area contributed by atoms with Gasteiger partial charge >= 0.3 is 6.09 Å². The van der Waals surface area contributed by atoms with Gasteiger partial charge in [0, 0.05) is 5.56 Å². The van der Waals surface area contributed by atoms with Crippen molar-refractivity contribution in [3.05, 3.63) is 52.3 Å². The lowest BCUT2D eigenvalue weighted by molar-refractivity contribution is 0.175. The number of amides is 1. The molecule has 4 nitrogen and oxygen atoms in total. The molecule has 0 saturated heterocycles. The third kappa shape index (κ3) is 4.24. The summed E-state index contributed by atoms with van der Waals surface area (Å²) in [5.41, 5.74) is 4.74. The van der Waals surface area contributed by atoms with E-state index in [9.17, 15) is 9.90 Å². The van der Waals surface area contributed by atoms with Crippen molar-refractivity contribution in [1.29, 1.82) is 0 Å². The minimum absolute atomic E-state index is 0.311. The molecule has 156 valence electrons. The second kappa shape index (κ2) is 8.05. The summed E-state index contributed by atoms with van der Waals surface area (Å²) in [5, 5.41) is 11.7. The van der Waals surface area contributed by atoms with Gasteiger partial charge in [-0.1, -0.05) is 27.2 Å². The number of halogens is 1. The van der Waals surface area contributed by atoms with Crippen LogP contribution in [0.1, 0.15) is 61.9 Å². The van der Waals surface area contributed by atoms with Crippen LogP contribution >= 0.6 is 0 Å². The van der Waals surface area contributed by atoms with E-state index in [1.54, 1.807) is 0 Å². The highest BCUT2D eigenvalue weighted by molar-refractivity contribution is 5.71. The van der Waals surface area contributed by atoms with Crippen LogP contribution in [0.4, 0.5) is 9.18 Å². The lowest BCUT2D eigenvalue weighted by atomic mass is 9.85. The lowest BCUT2D eigenvalue weighted by Crippen LogP contribution is -2.34. The van der Waals surface area contributed by atoms with Crippen LogP contribution < -0.4 is 10.1 Å². The monoisotopic (exact) mass is 399 g/mol. The molecule has 2 aromatic rings. The van der Waals surface area contributed by atoms with Crippen LogP contribution in [-0.2, 0) is 6.42 Å². The van der Waals surface area contributed by atoms with E-state index < -0.39 is 12.1 Å². The number of unbranched alkanes of at least 4 members (excludes halogenated alkanes) is 1. The molecule has 1 atom stereocenters. The molecule has 1 amide bonds. The number of benzene rings is 2. The first-order valence-corrected chi connectivity index (χ1v) is 10.2. The number of fused-ring (bicyclic) bond motifs is 1. The van der Waals surface area contributed by atoms with Crippen molar-refractivity contribution in [2.24, 2.45) is 5.41 Å². The number of hydrogen-bond acceptors (Lipinski definition) is 2. The zero-order chi connectivity index (χ0) is 21.3. The summed E-state index contributed by atoms with van der Waals surface area (Å²) >= 11 is 0. The van der Waals surface area contributed by atoms with Crippen LogP contribution in [0.15, 0.2) is 24.3 Å². The van der Waals surface area contributed by atoms with Crippen molar-refractivity contribution in [3.8, 4) is 16.9 Å². The standard InChI is InChI=1S/C24H30FNO3/c1-6-7-8-29-21-14(2)9-16(10-15(21)3)18-11-17-13-24(4,5)22(26-23(27)28)19(17)12-20(18)25/h9-12,22,26H,6-8,13H2,1-5H3,(H,27,28). The molecule has 1 aliphatic rings. The van der Waals surface area contributed by atoms with E-state index in [1.165, 1.54) is 6.07 Å². The molecule has 0 spiro atoms. The highest BCUT2D eigenvalue weighted by Crippen LogP contribution is 2.47. The van der Waals surface area contributed by atoms with E-state index in [2.05, 4.69) is 12.2 Å². The Hall–Kier alpha value is -2.56. The summed E-state index contributed by atoms with van der Waals surface area (Å²) in [5.74, 6) is 0.535. The maximum atomic E-state index is 15.1. The van der Waals surface area contributed by atoms with Gasteiger partial charge in [0.05, 0.1) is 12.6 Å². The topological polar surface area (TPSA) is 58.6 Å². The highest BCUT2D eigenvalue weighted by atomic mass is 19.1. The summed E-state index contributed by atoms with van der Waals surface area (Å²) in [4.78, 5) is 11.2. The summed E-state index contributed by atoms with van der Waals surface area (Å²) in [6, 6.07) is 6.88. The molecule has 2 aromatic carbocycles. The molecule has 0 heterocycles. The largest absolute Gasteiger partial charge is 0.493 e. The van der Waals surface area contributed by atoms with Crippen molar-refractivity contribution in [1.82, 2.24) is 5.32 Å². The number of carboxylic acid groups (broad SMARTS) is 1. The molecule has 2 N–H and O–H groups in total. The maximum absolute atomic E-state index is 15.1. The molecule has 0 fully saturated rings. The molecule has 0 radical (unpaired) electrons. The van der Waals surface area contributed by atoms with Crippen LogP contribution in [0.5, 0.6) is 5.75 Å². The van der Waals surface area contributed by atoms with Gasteiger partial charge in [-0.25, -0.2) is 9.18 Å². The first kappa shape index (κ1) is 21.2. The predicted molar refractivity (Wildman–Crippen MR) is 113 cm³/mol. The van der Waals surface area contributed by atoms with Gasteiger partial charge in [-0.3, -0.25) is 0 Å². The first-order chi connectivity index (χ1) is 13.6. The van der Waals surface area contributed by atoms with Crippen LogP contribution in [0.2, 0.25) is 0 Å². The molecule has 5 heteroatoms. The highest BCUT2D eigenvalue weighted by Gasteiger charge is 2.40. The first-order valence-electron chi connectivity index (χ1n) is 10.2. The normalized spacial score (nSPS) is 17.1. The fourth-order valence-corrected chi connectivity index (χ4v) is 4.34. The Labute approximate surface area is 172 Å². The summed E-state index contributed by atoms with van der Waals surface area (Å²) < 4.78 is 21.0. The van der Waals surface area contributed by atoms with Crippen LogP contribution in [0, 0.1) is 25.1 Å². The molecule has 0 aliphatic heterocycles. The SMILES string of the molecule is CCCCOc1c(C)cc(-c2cc3c(cc2F)C(NC(=O)O)C(C)(C)C3)cc1C. The fraction of sp³-hybridized carbons (Fsp3) is 0.458. The number of hydrogen-bond donors (Lipinski definition) is 2. The molecular formula is C24H30FNO3. The van der Waals surface area contributed by atoms with E-state index in [0.717, 1.165) is 46.4 Å². The quantitative estimate of drug-likeness (QED) is 0.570. The van der Waals surface area contributed by atoms with Crippen molar-refractivity contribution in [3.63, 3.8) is 0 Å². The Morgan fingerprint density at radius 1 is 1.24 bits per heavy atom. The molecule has 1 aliphatic carbocycles. The third-order valence-electron chi connectivity index (χ3n) is 5.75. The minimum Gasteiger partial charge on any atom is -0.493 e. The number of nitrogens with one attached hydrogen (secondary N) is 1. The number of carbonyl (C=O) groups is 1. The van der Waals surface area contributed by atoms with E-state index in [1.807, 2.05) is 45.9 Å². The zero-order valence-electron chi connectivity index (χ0n) is 17.9. The molecule has 0 saturated carbocycles. The zero-order valence-corrected chi connectivity index (χ0v) is 17.9. The van der Waals surface area contributed by atoms with Gasteiger partial charge in [0.1, 0.15) is 11.6 Å². The lowest BCUT2D eigenvalue weighted by Gasteiger charge is -2.27. The van der Waals surface area contributed by atoms with Gasteiger partial charge < -0.3 is 15.2 Å². The number of ether oxygens (including phenoxy) is 1.